The Bertz CT molecular complexity index is 249. The summed E-state index contributed by atoms with van der Waals surface area (Å²) in [7, 11) is 0.00371. The Labute approximate surface area is 64.7 Å². The molecule has 10 heavy (non-hydrogen) atoms. The third kappa shape index (κ3) is 0.866. The maximum absolute atomic E-state index is 5.55. The Balaban J connectivity index is 2.51. The zero-order chi connectivity index (χ0) is 6.97. The topological polar surface area (TPSA) is 9.23 Å². The first kappa shape index (κ1) is 6.33. The van der Waals surface area contributed by atoms with Crippen molar-refractivity contribution in [3.63, 3.8) is 0 Å². The van der Waals surface area contributed by atoms with E-state index in [1.54, 1.807) is 0 Å². The number of hydrogen-bond acceptors (Lipinski definition) is 1. The van der Waals surface area contributed by atoms with Gasteiger partial charge in [-0.15, -0.1) is 0 Å². The first-order valence-corrected chi connectivity index (χ1v) is 6.05. The molecule has 3 radical (unpaired) electrons. The fraction of sp³-hybridized carbons (Fsp3) is 0.143. The third-order valence-corrected chi connectivity index (χ3v) is 5.35. The van der Waals surface area contributed by atoms with E-state index in [1.807, 2.05) is 0 Å². The molecular formula is C7H7OSi2. The second kappa shape index (κ2) is 2.34. The highest BCUT2D eigenvalue weighted by atomic mass is 28.3. The van der Waals surface area contributed by atoms with Crippen molar-refractivity contribution >= 4 is 29.2 Å². The molecule has 0 fully saturated rings. The molecule has 3 heteroatoms. The molecule has 1 aromatic rings. The molecule has 0 N–H and O–H groups in total. The summed E-state index contributed by atoms with van der Waals surface area (Å²) in [5.74, 6) is 0. The number of rotatable bonds is 0. The summed E-state index contributed by atoms with van der Waals surface area (Å²) in [6.07, 6.45) is 0. The first-order chi connectivity index (χ1) is 4.88. The molecule has 49 valence electrons. The predicted molar refractivity (Wildman–Crippen MR) is 44.2 cm³/mol. The van der Waals surface area contributed by atoms with Crippen LogP contribution < -0.4 is 10.4 Å². The van der Waals surface area contributed by atoms with Gasteiger partial charge in [0.2, 0.25) is 9.04 Å². The van der Waals surface area contributed by atoms with Crippen molar-refractivity contribution in [3.05, 3.63) is 24.3 Å². The van der Waals surface area contributed by atoms with Gasteiger partial charge in [0, 0.05) is 0 Å². The van der Waals surface area contributed by atoms with Gasteiger partial charge in [0.25, 0.3) is 9.76 Å². The highest BCUT2D eigenvalue weighted by molar-refractivity contribution is 6.82. The minimum Gasteiger partial charge on any atom is -0.449 e. The second-order valence-electron chi connectivity index (χ2n) is 2.31. The van der Waals surface area contributed by atoms with Crippen molar-refractivity contribution in [3.8, 4) is 0 Å². The summed E-state index contributed by atoms with van der Waals surface area (Å²) in [5.41, 5.74) is 0. The standard InChI is InChI=1S/C7H7OSi2/c1-10-7-5-3-2-4-6(7)9-8-10/h2-5H,1H3. The van der Waals surface area contributed by atoms with Gasteiger partial charge in [-0.05, 0) is 16.9 Å². The summed E-state index contributed by atoms with van der Waals surface area (Å²) in [5, 5.41) is 2.88. The molecule has 1 aliphatic rings. The molecule has 0 saturated carbocycles. The van der Waals surface area contributed by atoms with Crippen LogP contribution in [0.25, 0.3) is 0 Å². The quantitative estimate of drug-likeness (QED) is 0.481. The van der Waals surface area contributed by atoms with E-state index in [-0.39, 0.29) is 0 Å². The molecule has 0 spiro atoms. The summed E-state index contributed by atoms with van der Waals surface area (Å²) in [4.78, 5) is 0. The average Bonchev–Trinajstić information content (AvgIpc) is 2.34. The molecule has 0 saturated heterocycles. The molecule has 0 aliphatic carbocycles. The lowest BCUT2D eigenvalue weighted by atomic mass is 10.4. The summed E-state index contributed by atoms with van der Waals surface area (Å²) in [6.45, 7) is 2.20. The minimum atomic E-state index is -0.602. The molecule has 1 aromatic carbocycles. The van der Waals surface area contributed by atoms with Crippen LogP contribution in [0.4, 0.5) is 0 Å². The van der Waals surface area contributed by atoms with Crippen LogP contribution in [-0.4, -0.2) is 18.8 Å². The van der Waals surface area contributed by atoms with Crippen LogP contribution in [0.2, 0.25) is 6.55 Å². The highest BCUT2D eigenvalue weighted by Gasteiger charge is 2.21. The van der Waals surface area contributed by atoms with Crippen molar-refractivity contribution in [2.75, 3.05) is 0 Å². The number of fused-ring (bicyclic) bond motifs is 1. The lowest BCUT2D eigenvalue weighted by molar-refractivity contribution is 0.650. The van der Waals surface area contributed by atoms with E-state index in [1.165, 1.54) is 10.4 Å². The van der Waals surface area contributed by atoms with Crippen LogP contribution in [0.5, 0.6) is 0 Å². The molecule has 1 nitrogen and oxygen atoms in total. The number of benzene rings is 1. The fourth-order valence-corrected chi connectivity index (χ4v) is 4.39. The van der Waals surface area contributed by atoms with Crippen molar-refractivity contribution in [2.24, 2.45) is 0 Å². The fourth-order valence-electron chi connectivity index (χ4n) is 1.07. The van der Waals surface area contributed by atoms with E-state index in [9.17, 15) is 0 Å². The van der Waals surface area contributed by atoms with Crippen molar-refractivity contribution in [2.45, 2.75) is 6.55 Å². The Morgan fingerprint density at radius 3 is 3.00 bits per heavy atom. The maximum Gasteiger partial charge on any atom is 0.256 e. The maximum atomic E-state index is 5.55. The zero-order valence-corrected chi connectivity index (χ0v) is 7.72. The van der Waals surface area contributed by atoms with E-state index >= 15 is 0 Å². The van der Waals surface area contributed by atoms with E-state index in [0.29, 0.717) is 9.76 Å². The lowest BCUT2D eigenvalue weighted by Gasteiger charge is -1.97. The van der Waals surface area contributed by atoms with Crippen LogP contribution in [0.15, 0.2) is 24.3 Å². The van der Waals surface area contributed by atoms with Crippen LogP contribution >= 0.6 is 0 Å². The average molecular weight is 163 g/mol. The highest BCUT2D eigenvalue weighted by Crippen LogP contribution is 1.94. The van der Waals surface area contributed by atoms with Gasteiger partial charge >= 0.3 is 0 Å². The Kier molecular flexibility index (Phi) is 1.48. The van der Waals surface area contributed by atoms with Gasteiger partial charge in [0.05, 0.1) is 0 Å². The second-order valence-corrected chi connectivity index (χ2v) is 5.52. The third-order valence-electron chi connectivity index (χ3n) is 1.62. The van der Waals surface area contributed by atoms with Gasteiger partial charge < -0.3 is 4.12 Å². The Morgan fingerprint density at radius 1 is 1.40 bits per heavy atom. The molecule has 0 atom stereocenters. The van der Waals surface area contributed by atoms with Gasteiger partial charge in [-0.2, -0.15) is 0 Å². The van der Waals surface area contributed by atoms with E-state index in [2.05, 4.69) is 30.8 Å². The molecule has 0 amide bonds. The van der Waals surface area contributed by atoms with Gasteiger partial charge in [-0.1, -0.05) is 24.3 Å². The molecule has 0 unspecified atom stereocenters. The molecule has 0 bridgehead atoms. The predicted octanol–water partition coefficient (Wildman–Crippen LogP) is -0.210. The number of hydrogen-bond donors (Lipinski definition) is 0. The Morgan fingerprint density at radius 2 is 2.20 bits per heavy atom. The van der Waals surface area contributed by atoms with Crippen LogP contribution in [0.3, 0.4) is 0 Å². The molecule has 1 aliphatic heterocycles. The zero-order valence-electron chi connectivity index (χ0n) is 5.72. The molecule has 2 rings (SSSR count). The van der Waals surface area contributed by atoms with Crippen molar-refractivity contribution < 1.29 is 4.12 Å². The summed E-state index contributed by atoms with van der Waals surface area (Å²) >= 11 is 0. The van der Waals surface area contributed by atoms with Gasteiger partial charge in [0.1, 0.15) is 0 Å². The molecular weight excluding hydrogens is 156 g/mol. The largest absolute Gasteiger partial charge is 0.449 e. The molecule has 1 heterocycles. The van der Waals surface area contributed by atoms with E-state index in [4.69, 9.17) is 4.12 Å². The van der Waals surface area contributed by atoms with Crippen molar-refractivity contribution in [1.29, 1.82) is 0 Å². The SMILES string of the molecule is C[Si]1O[Si]c2ccccc21. The summed E-state index contributed by atoms with van der Waals surface area (Å²) < 4.78 is 5.55. The van der Waals surface area contributed by atoms with Gasteiger partial charge in [-0.25, -0.2) is 0 Å². The van der Waals surface area contributed by atoms with Crippen LogP contribution in [0.1, 0.15) is 0 Å². The lowest BCUT2D eigenvalue weighted by Crippen LogP contribution is -2.30. The van der Waals surface area contributed by atoms with E-state index in [0.717, 1.165) is 0 Å². The smallest absolute Gasteiger partial charge is 0.256 e. The van der Waals surface area contributed by atoms with Gasteiger partial charge in [-0.3, -0.25) is 0 Å². The first-order valence-electron chi connectivity index (χ1n) is 3.24. The monoisotopic (exact) mass is 163 g/mol. The normalized spacial score (nSPS) is 17.3. The Hall–Kier alpha value is -0.386. The minimum absolute atomic E-state index is 0.602. The van der Waals surface area contributed by atoms with Gasteiger partial charge in [0.15, 0.2) is 0 Å². The van der Waals surface area contributed by atoms with Crippen LogP contribution in [0, 0.1) is 0 Å². The molecule has 0 aromatic heterocycles. The van der Waals surface area contributed by atoms with Crippen LogP contribution in [-0.2, 0) is 4.12 Å². The van der Waals surface area contributed by atoms with Crippen molar-refractivity contribution in [1.82, 2.24) is 0 Å². The summed E-state index contributed by atoms with van der Waals surface area (Å²) in [6, 6.07) is 8.51. The van der Waals surface area contributed by atoms with E-state index < -0.39 is 9.04 Å².